The van der Waals surface area contributed by atoms with Gasteiger partial charge in [0.2, 0.25) is 0 Å². The van der Waals surface area contributed by atoms with Gasteiger partial charge < -0.3 is 15.3 Å². The highest BCUT2D eigenvalue weighted by Crippen LogP contribution is 2.38. The molecule has 1 aromatic carbocycles. The number of carboxylic acid groups (broad SMARTS) is 1. The van der Waals surface area contributed by atoms with Crippen molar-refractivity contribution in [1.29, 1.82) is 0 Å². The Morgan fingerprint density at radius 1 is 1.21 bits per heavy atom. The predicted octanol–water partition coefficient (Wildman–Crippen LogP) is 6.56. The van der Waals surface area contributed by atoms with Gasteiger partial charge >= 0.3 is 5.97 Å². The first-order valence-corrected chi connectivity index (χ1v) is 11.3. The largest absolute Gasteiger partial charge is 0.478 e. The fraction of sp³-hybridized carbons (Fsp3) is 0.200. The third-order valence-corrected chi connectivity index (χ3v) is 6.17. The lowest BCUT2D eigenvalue weighted by Crippen LogP contribution is -2.18. The minimum atomic E-state index is -1.41. The molecule has 1 aliphatic rings. The van der Waals surface area contributed by atoms with E-state index in [1.54, 1.807) is 19.3 Å². The Balaban J connectivity index is 2.00. The number of thiophene rings is 1. The molecular formula is C25H23F3N2O3S. The van der Waals surface area contributed by atoms with Crippen LogP contribution < -0.4 is 5.32 Å². The number of likely N-dealkylation sites (N-methyl/N-ethyl adjacent to an activating group) is 1. The molecule has 0 spiro atoms. The zero-order valence-corrected chi connectivity index (χ0v) is 19.6. The highest BCUT2D eigenvalue weighted by Gasteiger charge is 2.25. The number of nitrogens with zero attached hydrogens (tertiary/aromatic N) is 1. The fourth-order valence-electron chi connectivity index (χ4n) is 3.30. The number of hydrogen-bond donors (Lipinski definition) is 2. The first kappa shape index (κ1) is 25.0. The Bertz CT molecular complexity index is 1260. The van der Waals surface area contributed by atoms with E-state index in [9.17, 15) is 27.9 Å². The number of carbonyl (C=O) groups excluding carboxylic acids is 1. The normalized spacial score (nSPS) is 15.0. The van der Waals surface area contributed by atoms with Gasteiger partial charge in [-0.25, -0.2) is 18.0 Å². The predicted molar refractivity (Wildman–Crippen MR) is 127 cm³/mol. The van der Waals surface area contributed by atoms with Crippen molar-refractivity contribution in [3.63, 3.8) is 0 Å². The molecule has 2 aromatic rings. The van der Waals surface area contributed by atoms with Crippen LogP contribution in [0.15, 0.2) is 65.1 Å². The molecule has 0 aliphatic carbocycles. The van der Waals surface area contributed by atoms with Crippen LogP contribution in [-0.4, -0.2) is 28.9 Å². The van der Waals surface area contributed by atoms with E-state index in [1.165, 1.54) is 47.6 Å². The van der Waals surface area contributed by atoms with E-state index in [0.29, 0.717) is 6.42 Å². The van der Waals surface area contributed by atoms with Crippen molar-refractivity contribution in [2.24, 2.45) is 0 Å². The number of aromatic carboxylic acids is 1. The van der Waals surface area contributed by atoms with Gasteiger partial charge in [-0.2, -0.15) is 0 Å². The molecule has 9 heteroatoms. The summed E-state index contributed by atoms with van der Waals surface area (Å²) in [6.07, 6.45) is 8.70. The number of halogens is 3. The summed E-state index contributed by atoms with van der Waals surface area (Å²) in [5, 5.41) is 13.7. The number of unbranched alkanes of at least 4 members (excludes halogenated alkanes) is 1. The van der Waals surface area contributed by atoms with E-state index in [4.69, 9.17) is 0 Å². The minimum Gasteiger partial charge on any atom is -0.478 e. The van der Waals surface area contributed by atoms with Crippen LogP contribution >= 0.6 is 11.3 Å². The summed E-state index contributed by atoms with van der Waals surface area (Å²) < 4.78 is 43.0. The second-order valence-electron chi connectivity index (χ2n) is 7.62. The zero-order chi connectivity index (χ0) is 25.0. The molecule has 0 radical (unpaired) electrons. The third kappa shape index (κ3) is 5.14. The van der Waals surface area contributed by atoms with E-state index in [-0.39, 0.29) is 38.5 Å². The molecule has 1 aliphatic heterocycles. The second kappa shape index (κ2) is 10.6. The molecule has 0 unspecified atom stereocenters. The molecule has 0 saturated carbocycles. The molecule has 0 saturated heterocycles. The number of nitrogens with one attached hydrogen (secondary N) is 1. The summed E-state index contributed by atoms with van der Waals surface area (Å²) in [5.41, 5.74) is -0.234. The average Bonchev–Trinajstić information content (AvgIpc) is 3.20. The maximum absolute atomic E-state index is 14.5. The van der Waals surface area contributed by atoms with Crippen LogP contribution in [0.5, 0.6) is 0 Å². The molecule has 5 nitrogen and oxygen atoms in total. The van der Waals surface area contributed by atoms with Crippen molar-refractivity contribution in [1.82, 2.24) is 4.90 Å². The van der Waals surface area contributed by atoms with Crippen molar-refractivity contribution in [2.75, 3.05) is 12.4 Å². The third-order valence-electron chi connectivity index (χ3n) is 5.16. The van der Waals surface area contributed by atoms with E-state index >= 15 is 0 Å². The van der Waals surface area contributed by atoms with Crippen molar-refractivity contribution in [3.05, 3.63) is 87.9 Å². The molecule has 178 valence electrons. The number of rotatable bonds is 7. The highest BCUT2D eigenvalue weighted by molar-refractivity contribution is 7.14. The number of carbonyl (C=O) groups is 2. The number of benzene rings is 1. The van der Waals surface area contributed by atoms with Gasteiger partial charge in [-0.05, 0) is 37.1 Å². The molecule has 3 rings (SSSR count). The highest BCUT2D eigenvalue weighted by atomic mass is 32.1. The number of allylic oxidation sites excluding steroid dienone is 4. The fourth-order valence-corrected chi connectivity index (χ4v) is 4.31. The van der Waals surface area contributed by atoms with Crippen molar-refractivity contribution in [2.45, 2.75) is 26.7 Å². The van der Waals surface area contributed by atoms with Crippen molar-refractivity contribution in [3.8, 4) is 10.4 Å². The van der Waals surface area contributed by atoms with Crippen molar-refractivity contribution >= 4 is 28.9 Å². The average molecular weight is 489 g/mol. The SMILES string of the molecule is CCCC=C(C=C1C(F)=CC=CN1C)C(=O)Nc1csc(-c2ccc(C)c(F)c2F)c1C(=O)O. The van der Waals surface area contributed by atoms with Gasteiger partial charge in [-0.1, -0.05) is 31.6 Å². The molecular weight excluding hydrogens is 465 g/mol. The molecule has 34 heavy (non-hydrogen) atoms. The van der Waals surface area contributed by atoms with Crippen molar-refractivity contribution < 1.29 is 27.9 Å². The summed E-state index contributed by atoms with van der Waals surface area (Å²) in [7, 11) is 1.63. The molecule has 2 heterocycles. The summed E-state index contributed by atoms with van der Waals surface area (Å²) in [6, 6.07) is 2.66. The summed E-state index contributed by atoms with van der Waals surface area (Å²) in [4.78, 5) is 26.6. The van der Waals surface area contributed by atoms with E-state index < -0.39 is 29.3 Å². The number of hydrogen-bond acceptors (Lipinski definition) is 4. The standard InChI is InChI=1S/C25H23F3N2O3S/c1-4-5-7-15(12-19-17(26)8-6-11-30(19)3)24(31)29-18-13-34-23(20(18)25(32)33)16-10-9-14(2)21(27)22(16)28/h6-13H,4-5H2,1-3H3,(H,29,31)(H,32,33). The maximum Gasteiger partial charge on any atom is 0.339 e. The lowest BCUT2D eigenvalue weighted by molar-refractivity contribution is -0.112. The molecule has 0 fully saturated rings. The van der Waals surface area contributed by atoms with Crippen LogP contribution in [0.2, 0.25) is 0 Å². The van der Waals surface area contributed by atoms with Gasteiger partial charge in [-0.15, -0.1) is 11.3 Å². The molecule has 2 N–H and O–H groups in total. The van der Waals surface area contributed by atoms with Gasteiger partial charge in [0.15, 0.2) is 11.6 Å². The molecule has 0 atom stereocenters. The van der Waals surface area contributed by atoms with E-state index in [1.807, 2.05) is 6.92 Å². The van der Waals surface area contributed by atoms with Crippen LogP contribution in [0.1, 0.15) is 35.7 Å². The zero-order valence-electron chi connectivity index (χ0n) is 18.8. The van der Waals surface area contributed by atoms with Crippen LogP contribution in [0.4, 0.5) is 18.9 Å². The smallest absolute Gasteiger partial charge is 0.339 e. The van der Waals surface area contributed by atoms with Crippen LogP contribution in [-0.2, 0) is 4.79 Å². The first-order valence-electron chi connectivity index (χ1n) is 10.5. The van der Waals surface area contributed by atoms with Crippen LogP contribution in [0.3, 0.4) is 0 Å². The minimum absolute atomic E-state index is 0.0252. The quantitative estimate of drug-likeness (QED) is 0.433. The Hall–Kier alpha value is -3.59. The Labute approximate surface area is 199 Å². The van der Waals surface area contributed by atoms with Crippen LogP contribution in [0, 0.1) is 18.6 Å². The summed E-state index contributed by atoms with van der Waals surface area (Å²) in [5.74, 6) is -4.81. The number of carboxylic acids is 1. The van der Waals surface area contributed by atoms with Gasteiger partial charge in [0.1, 0.15) is 11.4 Å². The summed E-state index contributed by atoms with van der Waals surface area (Å²) in [6.45, 7) is 3.31. The molecule has 0 bridgehead atoms. The topological polar surface area (TPSA) is 69.6 Å². The van der Waals surface area contributed by atoms with Crippen LogP contribution in [0.25, 0.3) is 10.4 Å². The van der Waals surface area contributed by atoms with Gasteiger partial charge in [-0.3, -0.25) is 4.79 Å². The second-order valence-corrected chi connectivity index (χ2v) is 8.50. The first-order chi connectivity index (χ1) is 16.1. The number of aryl methyl sites for hydroxylation is 1. The maximum atomic E-state index is 14.5. The van der Waals surface area contributed by atoms with E-state index in [2.05, 4.69) is 5.32 Å². The Kier molecular flexibility index (Phi) is 7.78. The Morgan fingerprint density at radius 3 is 2.59 bits per heavy atom. The van der Waals surface area contributed by atoms with E-state index in [0.717, 1.165) is 17.8 Å². The lowest BCUT2D eigenvalue weighted by Gasteiger charge is -2.20. The molecule has 1 aromatic heterocycles. The van der Waals surface area contributed by atoms with Gasteiger partial charge in [0.05, 0.1) is 16.3 Å². The lowest BCUT2D eigenvalue weighted by atomic mass is 10.0. The summed E-state index contributed by atoms with van der Waals surface area (Å²) >= 11 is 0.871. The van der Waals surface area contributed by atoms with Gasteiger partial charge in [0, 0.05) is 29.8 Å². The number of amides is 1. The monoisotopic (exact) mass is 488 g/mol. The molecule has 1 amide bonds. The number of anilines is 1. The van der Waals surface area contributed by atoms with Gasteiger partial charge in [0.25, 0.3) is 5.91 Å². The Morgan fingerprint density at radius 2 is 1.94 bits per heavy atom.